The number of hydrogen-bond donors (Lipinski definition) is 1. The minimum atomic E-state index is -0.587. The van der Waals surface area contributed by atoms with Gasteiger partial charge >= 0.3 is 0 Å². The quantitative estimate of drug-likeness (QED) is 0.793. The van der Waals surface area contributed by atoms with Crippen molar-refractivity contribution in [3.63, 3.8) is 0 Å². The molecular weight excluding hydrogens is 391 g/mol. The van der Waals surface area contributed by atoms with Gasteiger partial charge in [-0.1, -0.05) is 34.1 Å². The Kier molecular flexibility index (Phi) is 5.03. The van der Waals surface area contributed by atoms with E-state index >= 15 is 0 Å². The van der Waals surface area contributed by atoms with Gasteiger partial charge in [-0.3, -0.25) is 9.59 Å². The molecule has 1 aliphatic rings. The number of amides is 2. The zero-order valence-electron chi connectivity index (χ0n) is 13.5. The van der Waals surface area contributed by atoms with Gasteiger partial charge < -0.3 is 15.0 Å². The summed E-state index contributed by atoms with van der Waals surface area (Å²) in [5, 5.41) is 2.77. The summed E-state index contributed by atoms with van der Waals surface area (Å²) in [4.78, 5) is 25.0. The molecule has 7 heteroatoms. The van der Waals surface area contributed by atoms with E-state index in [0.717, 1.165) is 0 Å². The van der Waals surface area contributed by atoms with Gasteiger partial charge in [0.25, 0.3) is 5.91 Å². The molecular formula is C18H16BrFN2O3. The lowest BCUT2D eigenvalue weighted by Gasteiger charge is -2.26. The highest BCUT2D eigenvalue weighted by Gasteiger charge is 2.23. The fraction of sp³-hybridized carbons (Fsp3) is 0.222. The minimum absolute atomic E-state index is 0.00131. The Labute approximate surface area is 152 Å². The Balaban J connectivity index is 1.71. The highest BCUT2D eigenvalue weighted by atomic mass is 79.9. The summed E-state index contributed by atoms with van der Waals surface area (Å²) in [5.41, 5.74) is 1.59. The van der Waals surface area contributed by atoms with Crippen LogP contribution in [0.3, 0.4) is 0 Å². The van der Waals surface area contributed by atoms with Crippen LogP contribution in [0.5, 0.6) is 5.75 Å². The number of alkyl halides is 1. The van der Waals surface area contributed by atoms with E-state index in [1.807, 2.05) is 0 Å². The van der Waals surface area contributed by atoms with Gasteiger partial charge in [0.05, 0.1) is 10.5 Å². The largest absolute Gasteiger partial charge is 0.482 e. The van der Waals surface area contributed by atoms with Crippen LogP contribution in [0.15, 0.2) is 42.5 Å². The van der Waals surface area contributed by atoms with Gasteiger partial charge in [-0.15, -0.1) is 0 Å². The minimum Gasteiger partial charge on any atom is -0.482 e. The Morgan fingerprint density at radius 1 is 1.36 bits per heavy atom. The van der Waals surface area contributed by atoms with Gasteiger partial charge in [0.2, 0.25) is 5.91 Å². The van der Waals surface area contributed by atoms with Crippen LogP contribution in [0.4, 0.5) is 15.8 Å². The number of benzene rings is 2. The van der Waals surface area contributed by atoms with E-state index in [-0.39, 0.29) is 30.7 Å². The molecule has 0 aliphatic carbocycles. The van der Waals surface area contributed by atoms with E-state index in [4.69, 9.17) is 4.74 Å². The zero-order valence-corrected chi connectivity index (χ0v) is 15.0. The van der Waals surface area contributed by atoms with Crippen LogP contribution >= 0.6 is 15.9 Å². The number of nitrogens with zero attached hydrogens (tertiary/aromatic N) is 1. The number of likely N-dealkylation sites (N-methyl/N-ethyl adjacent to an activating group) is 1. The lowest BCUT2D eigenvalue weighted by atomic mass is 10.1. The molecule has 3 rings (SSSR count). The van der Waals surface area contributed by atoms with Crippen molar-refractivity contribution in [1.82, 2.24) is 0 Å². The smallest absolute Gasteiger partial charge is 0.264 e. The highest BCUT2D eigenvalue weighted by molar-refractivity contribution is 9.10. The molecule has 0 aromatic heterocycles. The van der Waals surface area contributed by atoms with E-state index in [9.17, 15) is 14.0 Å². The van der Waals surface area contributed by atoms with Crippen molar-refractivity contribution < 1.29 is 18.7 Å². The van der Waals surface area contributed by atoms with Crippen molar-refractivity contribution in [1.29, 1.82) is 0 Å². The number of rotatable bonds is 4. The normalized spacial score (nSPS) is 14.5. The predicted octanol–water partition coefficient (Wildman–Crippen LogP) is 3.13. The fourth-order valence-corrected chi connectivity index (χ4v) is 2.98. The first-order valence-electron chi connectivity index (χ1n) is 7.67. The number of nitrogens with one attached hydrogen (secondary N) is 1. The van der Waals surface area contributed by atoms with Gasteiger partial charge in [0.1, 0.15) is 11.6 Å². The molecule has 5 nitrogen and oxygen atoms in total. The maximum atomic E-state index is 13.7. The number of halogens is 2. The number of anilines is 2. The molecule has 2 aromatic rings. The van der Waals surface area contributed by atoms with Crippen LogP contribution in [0.1, 0.15) is 5.56 Å². The lowest BCUT2D eigenvalue weighted by Crippen LogP contribution is -2.35. The molecule has 1 atom stereocenters. The standard InChI is InChI=1S/C18H16BrFN2O3/c1-22-15-9-12(6-7-16(15)25-10-17(22)23)21-18(24)13(19)8-11-4-2-3-5-14(11)20/h2-7,9,13H,8,10H2,1H3,(H,21,24). The first-order valence-corrected chi connectivity index (χ1v) is 8.59. The van der Waals surface area contributed by atoms with E-state index in [2.05, 4.69) is 21.2 Å². The van der Waals surface area contributed by atoms with Gasteiger partial charge in [-0.05, 0) is 36.2 Å². The lowest BCUT2D eigenvalue weighted by molar-refractivity contribution is -0.121. The molecule has 1 N–H and O–H groups in total. The molecule has 1 unspecified atom stereocenters. The Morgan fingerprint density at radius 2 is 2.12 bits per heavy atom. The number of ether oxygens (including phenoxy) is 1. The van der Waals surface area contributed by atoms with Crippen molar-refractivity contribution >= 4 is 39.1 Å². The molecule has 0 saturated carbocycles. The SMILES string of the molecule is CN1C(=O)COc2ccc(NC(=O)C(Br)Cc3ccccc3F)cc21. The molecule has 1 heterocycles. The molecule has 0 bridgehead atoms. The zero-order chi connectivity index (χ0) is 18.0. The summed E-state index contributed by atoms with van der Waals surface area (Å²) in [6, 6.07) is 11.4. The Bertz CT molecular complexity index is 828. The topological polar surface area (TPSA) is 58.6 Å². The summed E-state index contributed by atoms with van der Waals surface area (Å²) in [6.07, 6.45) is 0.227. The summed E-state index contributed by atoms with van der Waals surface area (Å²) in [7, 11) is 1.65. The second-order valence-electron chi connectivity index (χ2n) is 5.68. The monoisotopic (exact) mass is 406 g/mol. The Hall–Kier alpha value is -2.41. The third-order valence-corrected chi connectivity index (χ3v) is 4.69. The molecule has 0 spiro atoms. The van der Waals surface area contributed by atoms with Crippen molar-refractivity contribution in [2.24, 2.45) is 0 Å². The number of carbonyl (C=O) groups is 2. The van der Waals surface area contributed by atoms with E-state index in [1.165, 1.54) is 11.0 Å². The van der Waals surface area contributed by atoms with Crippen LogP contribution in [-0.4, -0.2) is 30.3 Å². The van der Waals surface area contributed by atoms with E-state index < -0.39 is 4.83 Å². The third kappa shape index (κ3) is 3.82. The van der Waals surface area contributed by atoms with Gasteiger partial charge in [-0.2, -0.15) is 0 Å². The predicted molar refractivity (Wildman–Crippen MR) is 96.8 cm³/mol. The Morgan fingerprint density at radius 3 is 2.88 bits per heavy atom. The average Bonchev–Trinajstić information content (AvgIpc) is 2.60. The van der Waals surface area contributed by atoms with Crippen molar-refractivity contribution in [2.45, 2.75) is 11.2 Å². The molecule has 0 radical (unpaired) electrons. The van der Waals surface area contributed by atoms with Crippen molar-refractivity contribution in [3.8, 4) is 5.75 Å². The van der Waals surface area contributed by atoms with Gasteiger partial charge in [0.15, 0.2) is 6.61 Å². The van der Waals surface area contributed by atoms with Crippen LogP contribution in [0.2, 0.25) is 0 Å². The molecule has 25 heavy (non-hydrogen) atoms. The molecule has 0 saturated heterocycles. The second-order valence-corrected chi connectivity index (χ2v) is 6.78. The van der Waals surface area contributed by atoms with E-state index in [1.54, 1.807) is 43.4 Å². The first kappa shape index (κ1) is 17.4. The molecule has 1 aliphatic heterocycles. The van der Waals surface area contributed by atoms with Crippen LogP contribution in [0.25, 0.3) is 0 Å². The second kappa shape index (κ2) is 7.23. The van der Waals surface area contributed by atoms with Gasteiger partial charge in [-0.25, -0.2) is 4.39 Å². The molecule has 130 valence electrons. The van der Waals surface area contributed by atoms with Crippen LogP contribution in [-0.2, 0) is 16.0 Å². The maximum Gasteiger partial charge on any atom is 0.264 e. The van der Waals surface area contributed by atoms with Crippen LogP contribution in [0, 0.1) is 5.82 Å². The molecule has 0 fully saturated rings. The molecule has 2 amide bonds. The highest BCUT2D eigenvalue weighted by Crippen LogP contribution is 2.33. The van der Waals surface area contributed by atoms with Crippen molar-refractivity contribution in [2.75, 3.05) is 23.9 Å². The summed E-state index contributed by atoms with van der Waals surface area (Å²) in [5.74, 6) is -0.213. The summed E-state index contributed by atoms with van der Waals surface area (Å²) < 4.78 is 19.1. The third-order valence-electron chi connectivity index (χ3n) is 3.95. The average molecular weight is 407 g/mol. The van der Waals surface area contributed by atoms with Crippen LogP contribution < -0.4 is 15.0 Å². The first-order chi connectivity index (χ1) is 12.0. The maximum absolute atomic E-state index is 13.7. The molecule has 2 aromatic carbocycles. The van der Waals surface area contributed by atoms with Crippen molar-refractivity contribution in [3.05, 3.63) is 53.8 Å². The van der Waals surface area contributed by atoms with E-state index in [0.29, 0.717) is 22.7 Å². The summed E-state index contributed by atoms with van der Waals surface area (Å²) in [6.45, 7) is 0.00131. The van der Waals surface area contributed by atoms with Gasteiger partial charge in [0, 0.05) is 12.7 Å². The number of hydrogen-bond acceptors (Lipinski definition) is 3. The number of carbonyl (C=O) groups excluding carboxylic acids is 2. The fourth-order valence-electron chi connectivity index (χ4n) is 2.52. The summed E-state index contributed by atoms with van der Waals surface area (Å²) >= 11 is 3.30. The number of fused-ring (bicyclic) bond motifs is 1.